The van der Waals surface area contributed by atoms with Crippen molar-refractivity contribution in [1.82, 2.24) is 9.97 Å². The van der Waals surface area contributed by atoms with Gasteiger partial charge in [-0.1, -0.05) is 23.7 Å². The van der Waals surface area contributed by atoms with Gasteiger partial charge in [0.15, 0.2) is 0 Å². The minimum Gasteiger partial charge on any atom is -0.444 e. The zero-order chi connectivity index (χ0) is 17.2. The monoisotopic (exact) mass is 373 g/mol. The van der Waals surface area contributed by atoms with E-state index in [0.717, 1.165) is 47.1 Å². The van der Waals surface area contributed by atoms with E-state index in [1.165, 1.54) is 0 Å². The van der Waals surface area contributed by atoms with Crippen LogP contribution >= 0.6 is 11.6 Å². The van der Waals surface area contributed by atoms with Crippen molar-refractivity contribution in [3.05, 3.63) is 54.0 Å². The maximum absolute atomic E-state index is 11.5. The molecule has 5 nitrogen and oxygen atoms in total. The number of nitrogens with zero attached hydrogens (tertiary/aromatic N) is 3. The Morgan fingerprint density at radius 2 is 1.84 bits per heavy atom. The number of halogens is 1. The molecule has 1 aliphatic heterocycles. The number of pyridine rings is 1. The lowest BCUT2D eigenvalue weighted by atomic mass is 10.1. The van der Waals surface area contributed by atoms with Gasteiger partial charge in [0.25, 0.3) is 0 Å². The number of aromatic nitrogens is 2. The van der Waals surface area contributed by atoms with E-state index in [-0.39, 0.29) is 0 Å². The van der Waals surface area contributed by atoms with Gasteiger partial charge in [-0.3, -0.25) is 9.19 Å². The quantitative estimate of drug-likeness (QED) is 0.701. The third kappa shape index (κ3) is 3.60. The maximum atomic E-state index is 11.5. The van der Waals surface area contributed by atoms with E-state index >= 15 is 0 Å². The van der Waals surface area contributed by atoms with Gasteiger partial charge in [0.05, 0.1) is 10.6 Å². The molecule has 4 rings (SSSR count). The van der Waals surface area contributed by atoms with Crippen LogP contribution in [0.4, 0.5) is 5.69 Å². The first kappa shape index (κ1) is 16.3. The molecule has 0 unspecified atom stereocenters. The standard InChI is InChI=1S/C18H16ClN3O2S/c19-15-9-14(10-20-11-15)18-21-17(12-24-18)13-1-3-16(4-2-13)22-5-7-25(23)8-6-22/h1-4,9-12H,5-8H2. The van der Waals surface area contributed by atoms with Gasteiger partial charge in [0, 0.05) is 59.0 Å². The minimum absolute atomic E-state index is 0.493. The summed E-state index contributed by atoms with van der Waals surface area (Å²) in [6.07, 6.45) is 4.88. The normalized spacial score (nSPS) is 15.5. The number of benzene rings is 1. The molecule has 0 aliphatic carbocycles. The van der Waals surface area contributed by atoms with Crippen molar-refractivity contribution in [1.29, 1.82) is 0 Å². The third-order valence-corrected chi connectivity index (χ3v) is 5.64. The summed E-state index contributed by atoms with van der Waals surface area (Å²) >= 11 is 5.96. The third-order valence-electron chi connectivity index (χ3n) is 4.16. The molecule has 1 aliphatic rings. The van der Waals surface area contributed by atoms with Crippen LogP contribution in [-0.4, -0.2) is 38.8 Å². The molecule has 0 bridgehead atoms. The van der Waals surface area contributed by atoms with Gasteiger partial charge in [-0.2, -0.15) is 0 Å². The highest BCUT2D eigenvalue weighted by molar-refractivity contribution is 7.85. The van der Waals surface area contributed by atoms with Crippen molar-refractivity contribution in [3.63, 3.8) is 0 Å². The van der Waals surface area contributed by atoms with Crippen LogP contribution < -0.4 is 4.90 Å². The number of anilines is 1. The number of oxazole rings is 1. The fraction of sp³-hybridized carbons (Fsp3) is 0.222. The van der Waals surface area contributed by atoms with Gasteiger partial charge in [-0.25, -0.2) is 4.98 Å². The summed E-state index contributed by atoms with van der Waals surface area (Å²) in [4.78, 5) is 10.8. The molecule has 128 valence electrons. The molecule has 0 N–H and O–H groups in total. The van der Waals surface area contributed by atoms with Gasteiger partial charge in [0.2, 0.25) is 5.89 Å². The molecule has 25 heavy (non-hydrogen) atoms. The Morgan fingerprint density at radius 1 is 1.08 bits per heavy atom. The summed E-state index contributed by atoms with van der Waals surface area (Å²) < 4.78 is 17.0. The lowest BCUT2D eigenvalue weighted by Gasteiger charge is -2.28. The van der Waals surface area contributed by atoms with E-state index in [2.05, 4.69) is 27.0 Å². The number of hydrogen-bond acceptors (Lipinski definition) is 5. The average molecular weight is 374 g/mol. The molecule has 0 atom stereocenters. The Labute approximate surface area is 153 Å². The highest BCUT2D eigenvalue weighted by atomic mass is 35.5. The second kappa shape index (κ2) is 6.98. The highest BCUT2D eigenvalue weighted by Gasteiger charge is 2.16. The largest absolute Gasteiger partial charge is 0.444 e. The second-order valence-electron chi connectivity index (χ2n) is 5.81. The molecule has 0 amide bonds. The summed E-state index contributed by atoms with van der Waals surface area (Å²) in [5, 5.41) is 0.545. The van der Waals surface area contributed by atoms with E-state index in [0.29, 0.717) is 10.9 Å². The van der Waals surface area contributed by atoms with Crippen molar-refractivity contribution in [3.8, 4) is 22.7 Å². The van der Waals surface area contributed by atoms with Crippen molar-refractivity contribution >= 4 is 28.1 Å². The lowest BCUT2D eigenvalue weighted by molar-refractivity contribution is 0.574. The van der Waals surface area contributed by atoms with Crippen LogP contribution in [0.1, 0.15) is 0 Å². The summed E-state index contributed by atoms with van der Waals surface area (Å²) in [7, 11) is -0.665. The second-order valence-corrected chi connectivity index (χ2v) is 7.94. The zero-order valence-electron chi connectivity index (χ0n) is 13.4. The molecule has 0 saturated carbocycles. The van der Waals surface area contributed by atoms with Crippen LogP contribution in [0.2, 0.25) is 5.02 Å². The van der Waals surface area contributed by atoms with Crippen molar-refractivity contribution in [2.24, 2.45) is 0 Å². The van der Waals surface area contributed by atoms with Crippen LogP contribution in [0.3, 0.4) is 0 Å². The van der Waals surface area contributed by atoms with E-state index in [4.69, 9.17) is 16.0 Å². The van der Waals surface area contributed by atoms with Gasteiger partial charge in [-0.15, -0.1) is 0 Å². The predicted molar refractivity (Wildman–Crippen MR) is 100 cm³/mol. The molecule has 7 heteroatoms. The molecule has 0 spiro atoms. The predicted octanol–water partition coefficient (Wildman–Crippen LogP) is 3.63. The molecule has 3 heterocycles. The van der Waals surface area contributed by atoms with Crippen LogP contribution in [0, 0.1) is 0 Å². The van der Waals surface area contributed by atoms with Crippen molar-refractivity contribution in [2.45, 2.75) is 0 Å². The van der Waals surface area contributed by atoms with Crippen LogP contribution in [0.25, 0.3) is 22.7 Å². The lowest BCUT2D eigenvalue weighted by Crippen LogP contribution is -2.37. The molecule has 1 saturated heterocycles. The minimum atomic E-state index is -0.665. The molecular formula is C18H16ClN3O2S. The zero-order valence-corrected chi connectivity index (χ0v) is 15.0. The van der Waals surface area contributed by atoms with Crippen LogP contribution in [-0.2, 0) is 10.8 Å². The van der Waals surface area contributed by atoms with Crippen molar-refractivity contribution < 1.29 is 8.63 Å². The summed E-state index contributed by atoms with van der Waals surface area (Å²) in [5.41, 5.74) is 3.63. The Morgan fingerprint density at radius 3 is 2.56 bits per heavy atom. The highest BCUT2D eigenvalue weighted by Crippen LogP contribution is 2.27. The fourth-order valence-corrected chi connectivity index (χ4v) is 4.03. The Kier molecular flexibility index (Phi) is 4.55. The van der Waals surface area contributed by atoms with E-state index in [1.54, 1.807) is 24.7 Å². The SMILES string of the molecule is O=S1CCN(c2ccc(-c3coc(-c4cncc(Cl)c4)n3)cc2)CC1. The van der Waals surface area contributed by atoms with E-state index in [9.17, 15) is 4.21 Å². The maximum Gasteiger partial charge on any atom is 0.228 e. The van der Waals surface area contributed by atoms with Crippen molar-refractivity contribution in [2.75, 3.05) is 29.5 Å². The number of rotatable bonds is 3. The van der Waals surface area contributed by atoms with Gasteiger partial charge >= 0.3 is 0 Å². The molecular weight excluding hydrogens is 358 g/mol. The molecule has 3 aromatic rings. The Bertz CT molecular complexity index is 901. The summed E-state index contributed by atoms with van der Waals surface area (Å²) in [6.45, 7) is 1.67. The molecule has 0 radical (unpaired) electrons. The summed E-state index contributed by atoms with van der Waals surface area (Å²) in [6, 6.07) is 9.96. The van der Waals surface area contributed by atoms with Crippen LogP contribution in [0.5, 0.6) is 0 Å². The van der Waals surface area contributed by atoms with Gasteiger partial charge < -0.3 is 9.32 Å². The smallest absolute Gasteiger partial charge is 0.228 e. The molecule has 1 aromatic carbocycles. The topological polar surface area (TPSA) is 59.2 Å². The van der Waals surface area contributed by atoms with Gasteiger partial charge in [0.1, 0.15) is 12.0 Å². The molecule has 2 aromatic heterocycles. The Balaban J connectivity index is 1.54. The first-order valence-corrected chi connectivity index (χ1v) is 9.82. The fourth-order valence-electron chi connectivity index (χ4n) is 2.81. The Hall–Kier alpha value is -2.18. The van der Waals surface area contributed by atoms with E-state index < -0.39 is 10.8 Å². The van der Waals surface area contributed by atoms with E-state index in [1.807, 2.05) is 12.1 Å². The first-order chi connectivity index (χ1) is 12.2. The first-order valence-electron chi connectivity index (χ1n) is 7.96. The number of hydrogen-bond donors (Lipinski definition) is 0. The summed E-state index contributed by atoms with van der Waals surface area (Å²) in [5.74, 6) is 1.97. The van der Waals surface area contributed by atoms with Gasteiger partial charge in [-0.05, 0) is 18.2 Å². The molecule has 1 fully saturated rings. The van der Waals surface area contributed by atoms with Crippen LogP contribution in [0.15, 0.2) is 53.4 Å². The average Bonchev–Trinajstić information content (AvgIpc) is 3.13.